The minimum Gasteiger partial charge on any atom is -0.497 e. The summed E-state index contributed by atoms with van der Waals surface area (Å²) in [5.74, 6) is 0.373. The summed E-state index contributed by atoms with van der Waals surface area (Å²) in [7, 11) is 1.62. The maximum atomic E-state index is 13.5. The Morgan fingerprint density at radius 3 is 2.54 bits per heavy atom. The van der Waals surface area contributed by atoms with Gasteiger partial charge in [-0.15, -0.1) is 0 Å². The molecule has 0 radical (unpaired) electrons. The summed E-state index contributed by atoms with van der Waals surface area (Å²) in [6.07, 6.45) is 3.59. The first kappa shape index (κ1) is 22.7. The fourth-order valence-electron chi connectivity index (χ4n) is 5.04. The number of carbonyl (C=O) groups excluding carboxylic acids is 2. The van der Waals surface area contributed by atoms with Crippen LogP contribution in [0.15, 0.2) is 85.1 Å². The Morgan fingerprint density at radius 1 is 1.03 bits per heavy atom. The van der Waals surface area contributed by atoms with Gasteiger partial charge < -0.3 is 19.9 Å². The zero-order valence-corrected chi connectivity index (χ0v) is 19.7. The number of rotatable bonds is 7. The Hall–Kier alpha value is -4.06. The molecule has 1 aliphatic rings. The van der Waals surface area contributed by atoms with Crippen molar-refractivity contribution in [1.29, 1.82) is 0 Å². The average molecular weight is 468 g/mol. The molecule has 2 amide bonds. The van der Waals surface area contributed by atoms with Crippen molar-refractivity contribution in [3.63, 3.8) is 0 Å². The highest BCUT2D eigenvalue weighted by Crippen LogP contribution is 2.40. The Kier molecular flexibility index (Phi) is 6.53. The van der Waals surface area contributed by atoms with Crippen molar-refractivity contribution in [3.05, 3.63) is 96.2 Å². The van der Waals surface area contributed by atoms with Crippen LogP contribution >= 0.6 is 0 Å². The van der Waals surface area contributed by atoms with E-state index in [4.69, 9.17) is 4.74 Å². The molecule has 178 valence electrons. The molecular formula is C29H29N3O3. The van der Waals surface area contributed by atoms with Crippen molar-refractivity contribution in [2.75, 3.05) is 18.6 Å². The second-order valence-corrected chi connectivity index (χ2v) is 8.86. The molecule has 35 heavy (non-hydrogen) atoms. The van der Waals surface area contributed by atoms with Crippen molar-refractivity contribution >= 4 is 28.4 Å². The third-order valence-corrected chi connectivity index (χ3v) is 6.79. The molecule has 6 heteroatoms. The highest BCUT2D eigenvalue weighted by molar-refractivity contribution is 5.97. The fraction of sp³-hybridized carbons (Fsp3) is 0.241. The van der Waals surface area contributed by atoms with Crippen LogP contribution in [0.4, 0.5) is 5.69 Å². The Labute approximate surface area is 204 Å². The van der Waals surface area contributed by atoms with Gasteiger partial charge in [0, 0.05) is 35.8 Å². The fourth-order valence-corrected chi connectivity index (χ4v) is 5.04. The molecule has 1 aliphatic heterocycles. The number of fused-ring (bicyclic) bond motifs is 1. The second-order valence-electron chi connectivity index (χ2n) is 8.86. The first-order chi connectivity index (χ1) is 17.2. The van der Waals surface area contributed by atoms with Crippen LogP contribution < -0.4 is 15.0 Å². The van der Waals surface area contributed by atoms with Crippen LogP contribution in [0.1, 0.15) is 30.0 Å². The lowest BCUT2D eigenvalue weighted by Crippen LogP contribution is -2.48. The van der Waals surface area contributed by atoms with E-state index in [0.29, 0.717) is 19.4 Å². The summed E-state index contributed by atoms with van der Waals surface area (Å²) in [6, 6.07) is 25.1. The van der Waals surface area contributed by atoms with Crippen molar-refractivity contribution in [2.24, 2.45) is 5.92 Å². The van der Waals surface area contributed by atoms with Crippen LogP contribution in [0.5, 0.6) is 5.75 Å². The molecule has 3 aromatic carbocycles. The third kappa shape index (κ3) is 4.64. The third-order valence-electron chi connectivity index (χ3n) is 6.79. The molecule has 0 unspecified atom stereocenters. The van der Waals surface area contributed by atoms with Crippen molar-refractivity contribution in [1.82, 2.24) is 10.3 Å². The summed E-state index contributed by atoms with van der Waals surface area (Å²) < 4.78 is 5.29. The quantitative estimate of drug-likeness (QED) is 0.401. The Bertz CT molecular complexity index is 1310. The topological polar surface area (TPSA) is 74.4 Å². The minimum atomic E-state index is -0.376. The number of nitrogens with one attached hydrogen (secondary N) is 2. The molecule has 0 aliphatic carbocycles. The van der Waals surface area contributed by atoms with E-state index >= 15 is 0 Å². The van der Waals surface area contributed by atoms with Crippen LogP contribution in [0.2, 0.25) is 0 Å². The van der Waals surface area contributed by atoms with E-state index in [1.807, 2.05) is 72.9 Å². The van der Waals surface area contributed by atoms with E-state index in [9.17, 15) is 9.59 Å². The highest BCUT2D eigenvalue weighted by Gasteiger charge is 2.41. The standard InChI is InChI=1S/C29H29N3O3/c1-35-23-13-11-22(12-14-23)32-27(33)16-15-25(28(32)20-7-3-2-4-8-20)29(34)30-18-17-21-19-31-26-10-6-5-9-24(21)26/h2-14,19,25,28,31H,15-18H2,1H3,(H,30,34)/t25-,28-/m0/s1. The maximum absolute atomic E-state index is 13.5. The van der Waals surface area contributed by atoms with Crippen molar-refractivity contribution in [3.8, 4) is 5.75 Å². The smallest absolute Gasteiger partial charge is 0.227 e. The normalized spacial score (nSPS) is 18.0. The molecule has 1 aromatic heterocycles. The monoisotopic (exact) mass is 467 g/mol. The number of H-pyrrole nitrogens is 1. The molecule has 2 N–H and O–H groups in total. The first-order valence-electron chi connectivity index (χ1n) is 12.0. The van der Waals surface area contributed by atoms with Crippen LogP contribution in [0.25, 0.3) is 10.9 Å². The minimum absolute atomic E-state index is 0.0202. The molecule has 1 saturated heterocycles. The van der Waals surface area contributed by atoms with Crippen molar-refractivity contribution in [2.45, 2.75) is 25.3 Å². The molecule has 2 atom stereocenters. The van der Waals surface area contributed by atoms with Gasteiger partial charge in [0.15, 0.2) is 0 Å². The van der Waals surface area contributed by atoms with Gasteiger partial charge in [0.25, 0.3) is 0 Å². The molecule has 6 nitrogen and oxygen atoms in total. The zero-order valence-electron chi connectivity index (χ0n) is 19.7. The van der Waals surface area contributed by atoms with Gasteiger partial charge in [-0.05, 0) is 54.3 Å². The van der Waals surface area contributed by atoms with Crippen LogP contribution in [-0.4, -0.2) is 30.5 Å². The Balaban J connectivity index is 1.37. The molecule has 4 aromatic rings. The number of nitrogens with zero attached hydrogens (tertiary/aromatic N) is 1. The van der Waals surface area contributed by atoms with Gasteiger partial charge in [-0.1, -0.05) is 48.5 Å². The number of carbonyl (C=O) groups is 2. The number of para-hydroxylation sites is 1. The predicted molar refractivity (Wildman–Crippen MR) is 137 cm³/mol. The molecule has 5 rings (SSSR count). The highest BCUT2D eigenvalue weighted by atomic mass is 16.5. The van der Waals surface area contributed by atoms with Gasteiger partial charge >= 0.3 is 0 Å². The van der Waals surface area contributed by atoms with Gasteiger partial charge in [0.1, 0.15) is 5.75 Å². The number of hydrogen-bond acceptors (Lipinski definition) is 3. The van der Waals surface area contributed by atoms with E-state index in [1.165, 1.54) is 10.9 Å². The van der Waals surface area contributed by atoms with Crippen LogP contribution in [0.3, 0.4) is 0 Å². The van der Waals surface area contributed by atoms with Gasteiger partial charge in [0.05, 0.1) is 19.1 Å². The van der Waals surface area contributed by atoms with E-state index in [2.05, 4.69) is 22.4 Å². The summed E-state index contributed by atoms with van der Waals surface area (Å²) in [5.41, 5.74) is 3.99. The molecule has 0 spiro atoms. The van der Waals surface area contributed by atoms with Crippen molar-refractivity contribution < 1.29 is 14.3 Å². The molecule has 2 heterocycles. The summed E-state index contributed by atoms with van der Waals surface area (Å²) >= 11 is 0. The first-order valence-corrected chi connectivity index (χ1v) is 12.0. The number of piperidine rings is 1. The van der Waals surface area contributed by atoms with Crippen LogP contribution in [-0.2, 0) is 16.0 Å². The number of aromatic nitrogens is 1. The van der Waals surface area contributed by atoms with E-state index in [0.717, 1.165) is 28.9 Å². The Morgan fingerprint density at radius 2 is 1.77 bits per heavy atom. The molecular weight excluding hydrogens is 438 g/mol. The summed E-state index contributed by atoms with van der Waals surface area (Å²) in [5, 5.41) is 4.33. The average Bonchev–Trinajstić information content (AvgIpc) is 3.32. The lowest BCUT2D eigenvalue weighted by molar-refractivity contribution is -0.129. The number of benzene rings is 3. The lowest BCUT2D eigenvalue weighted by Gasteiger charge is -2.41. The molecule has 1 fully saturated rings. The zero-order chi connectivity index (χ0) is 24.2. The SMILES string of the molecule is COc1ccc(N2C(=O)CC[C@H](C(=O)NCCc3c[nH]c4ccccc34)[C@@H]2c2ccccc2)cc1. The summed E-state index contributed by atoms with van der Waals surface area (Å²) in [4.78, 5) is 31.7. The van der Waals surface area contributed by atoms with Gasteiger partial charge in [0.2, 0.25) is 11.8 Å². The van der Waals surface area contributed by atoms with E-state index in [1.54, 1.807) is 12.0 Å². The second kappa shape index (κ2) is 10.1. The number of methoxy groups -OCH3 is 1. The van der Waals surface area contributed by atoms with Crippen LogP contribution in [0, 0.1) is 5.92 Å². The maximum Gasteiger partial charge on any atom is 0.227 e. The number of hydrogen-bond donors (Lipinski definition) is 2. The largest absolute Gasteiger partial charge is 0.497 e. The van der Waals surface area contributed by atoms with E-state index < -0.39 is 0 Å². The predicted octanol–water partition coefficient (Wildman–Crippen LogP) is 5.02. The molecule has 0 saturated carbocycles. The van der Waals surface area contributed by atoms with Gasteiger partial charge in [-0.2, -0.15) is 0 Å². The van der Waals surface area contributed by atoms with E-state index in [-0.39, 0.29) is 23.8 Å². The van der Waals surface area contributed by atoms with Gasteiger partial charge in [-0.25, -0.2) is 0 Å². The molecule has 0 bridgehead atoms. The number of amides is 2. The number of ether oxygens (including phenoxy) is 1. The number of anilines is 1. The number of aromatic amines is 1. The summed E-state index contributed by atoms with van der Waals surface area (Å²) in [6.45, 7) is 0.537. The lowest BCUT2D eigenvalue weighted by atomic mass is 9.83. The van der Waals surface area contributed by atoms with Gasteiger partial charge in [-0.3, -0.25) is 9.59 Å².